The first-order valence-electron chi connectivity index (χ1n) is 8.23. The summed E-state index contributed by atoms with van der Waals surface area (Å²) in [4.78, 5) is 24.7. The molecule has 0 unspecified atom stereocenters. The Morgan fingerprint density at radius 1 is 1.12 bits per heavy atom. The first kappa shape index (κ1) is 14.9. The highest BCUT2D eigenvalue weighted by molar-refractivity contribution is 5.88. The lowest BCUT2D eigenvalue weighted by atomic mass is 10.1. The monoisotopic (exact) mass is 328 g/mol. The second-order valence-corrected chi connectivity index (χ2v) is 6.30. The second kappa shape index (κ2) is 5.77. The lowest BCUT2D eigenvalue weighted by molar-refractivity contribution is 0.0683. The quantitative estimate of drug-likeness (QED) is 0.901. The zero-order chi connectivity index (χ0) is 16.7. The summed E-state index contributed by atoms with van der Waals surface area (Å²) in [6.45, 7) is 3.36. The molecule has 2 aliphatic rings. The van der Waals surface area contributed by atoms with Crippen LogP contribution in [-0.2, 0) is 20.0 Å². The van der Waals surface area contributed by atoms with E-state index in [-0.39, 0.29) is 5.69 Å². The molecule has 0 atom stereocenters. The van der Waals surface area contributed by atoms with E-state index in [0.717, 1.165) is 48.9 Å². The number of carboxylic acids is 1. The molecular formula is C16H20N6O2. The number of hydrogen-bond acceptors (Lipinski definition) is 6. The van der Waals surface area contributed by atoms with Gasteiger partial charge in [0.15, 0.2) is 5.69 Å². The van der Waals surface area contributed by atoms with Gasteiger partial charge in [-0.25, -0.2) is 14.8 Å². The van der Waals surface area contributed by atoms with Gasteiger partial charge in [0.05, 0.1) is 5.69 Å². The Morgan fingerprint density at radius 3 is 2.54 bits per heavy atom. The smallest absolute Gasteiger partial charge is 0.354 e. The predicted molar refractivity (Wildman–Crippen MR) is 88.4 cm³/mol. The molecule has 0 aromatic carbocycles. The molecule has 1 N–H and O–H groups in total. The number of anilines is 2. The molecule has 1 saturated heterocycles. The molecule has 8 heteroatoms. The molecule has 0 saturated carbocycles. The SMILES string of the molecule is Cn1nc2c(c1C(=O)O)CN(c1cc(N3CCCC3)ncn1)CC2. The number of aromatic carboxylic acids is 1. The third-order valence-electron chi connectivity index (χ3n) is 4.79. The van der Waals surface area contributed by atoms with Gasteiger partial charge in [0.25, 0.3) is 0 Å². The van der Waals surface area contributed by atoms with Gasteiger partial charge in [-0.3, -0.25) is 4.68 Å². The van der Waals surface area contributed by atoms with E-state index in [4.69, 9.17) is 0 Å². The average molecular weight is 328 g/mol. The van der Waals surface area contributed by atoms with E-state index in [2.05, 4.69) is 24.9 Å². The number of carboxylic acid groups (broad SMARTS) is 1. The second-order valence-electron chi connectivity index (χ2n) is 6.30. The summed E-state index contributed by atoms with van der Waals surface area (Å²) >= 11 is 0. The van der Waals surface area contributed by atoms with Gasteiger partial charge in [-0.1, -0.05) is 0 Å². The molecule has 2 aromatic rings. The summed E-state index contributed by atoms with van der Waals surface area (Å²) in [5.74, 6) is 0.860. The Hall–Kier alpha value is -2.64. The molecule has 0 aliphatic carbocycles. The van der Waals surface area contributed by atoms with Crippen molar-refractivity contribution in [3.05, 3.63) is 29.3 Å². The van der Waals surface area contributed by atoms with Gasteiger partial charge >= 0.3 is 5.97 Å². The first-order chi connectivity index (χ1) is 11.6. The molecule has 0 amide bonds. The molecule has 0 spiro atoms. The molecule has 2 aliphatic heterocycles. The Kier molecular flexibility index (Phi) is 3.59. The summed E-state index contributed by atoms with van der Waals surface area (Å²) < 4.78 is 1.46. The largest absolute Gasteiger partial charge is 0.477 e. The number of rotatable bonds is 3. The summed E-state index contributed by atoms with van der Waals surface area (Å²) in [6, 6.07) is 2.01. The van der Waals surface area contributed by atoms with Crippen LogP contribution in [0.15, 0.2) is 12.4 Å². The van der Waals surface area contributed by atoms with Crippen molar-refractivity contribution < 1.29 is 9.90 Å². The zero-order valence-electron chi connectivity index (χ0n) is 13.6. The van der Waals surface area contributed by atoms with Crippen LogP contribution in [0.4, 0.5) is 11.6 Å². The van der Waals surface area contributed by atoms with E-state index >= 15 is 0 Å². The van der Waals surface area contributed by atoms with E-state index in [1.54, 1.807) is 13.4 Å². The van der Waals surface area contributed by atoms with Crippen LogP contribution in [-0.4, -0.2) is 50.5 Å². The summed E-state index contributed by atoms with van der Waals surface area (Å²) in [5.41, 5.74) is 1.93. The number of hydrogen-bond donors (Lipinski definition) is 1. The van der Waals surface area contributed by atoms with E-state index in [0.29, 0.717) is 6.54 Å². The molecule has 126 valence electrons. The fourth-order valence-corrected chi connectivity index (χ4v) is 3.59. The van der Waals surface area contributed by atoms with Crippen molar-refractivity contribution >= 4 is 17.6 Å². The van der Waals surface area contributed by atoms with Crippen LogP contribution in [0.3, 0.4) is 0 Å². The molecule has 24 heavy (non-hydrogen) atoms. The molecule has 0 bridgehead atoms. The number of aromatic nitrogens is 4. The summed E-state index contributed by atoms with van der Waals surface area (Å²) in [7, 11) is 1.68. The Balaban J connectivity index is 1.63. The molecule has 2 aromatic heterocycles. The van der Waals surface area contributed by atoms with Gasteiger partial charge in [0.2, 0.25) is 0 Å². The Labute approximate surface area is 139 Å². The highest BCUT2D eigenvalue weighted by Gasteiger charge is 2.28. The van der Waals surface area contributed by atoms with Crippen LogP contribution in [0.2, 0.25) is 0 Å². The van der Waals surface area contributed by atoms with Crippen molar-refractivity contribution in [1.82, 2.24) is 19.7 Å². The minimum absolute atomic E-state index is 0.267. The third-order valence-corrected chi connectivity index (χ3v) is 4.79. The molecule has 4 rings (SSSR count). The highest BCUT2D eigenvalue weighted by atomic mass is 16.4. The fourth-order valence-electron chi connectivity index (χ4n) is 3.59. The van der Waals surface area contributed by atoms with E-state index in [1.165, 1.54) is 17.5 Å². The fraction of sp³-hybridized carbons (Fsp3) is 0.500. The topological polar surface area (TPSA) is 87.4 Å². The normalized spacial score (nSPS) is 17.2. The maximum Gasteiger partial charge on any atom is 0.354 e. The van der Waals surface area contributed by atoms with Crippen LogP contribution in [0.5, 0.6) is 0 Å². The van der Waals surface area contributed by atoms with Gasteiger partial charge in [-0.05, 0) is 12.8 Å². The Bertz CT molecular complexity index is 781. The summed E-state index contributed by atoms with van der Waals surface area (Å²) in [6.07, 6.45) is 4.72. The van der Waals surface area contributed by atoms with Crippen molar-refractivity contribution in [2.75, 3.05) is 29.4 Å². The number of nitrogens with zero attached hydrogens (tertiary/aromatic N) is 6. The van der Waals surface area contributed by atoms with Crippen molar-refractivity contribution in [2.45, 2.75) is 25.8 Å². The lowest BCUT2D eigenvalue weighted by Gasteiger charge is -2.28. The third kappa shape index (κ3) is 2.47. The van der Waals surface area contributed by atoms with Crippen LogP contribution in [0.1, 0.15) is 34.6 Å². The lowest BCUT2D eigenvalue weighted by Crippen LogP contribution is -2.32. The van der Waals surface area contributed by atoms with Crippen LogP contribution in [0, 0.1) is 0 Å². The predicted octanol–water partition coefficient (Wildman–Crippen LogP) is 1.07. The maximum atomic E-state index is 11.5. The zero-order valence-corrected chi connectivity index (χ0v) is 13.6. The minimum Gasteiger partial charge on any atom is -0.477 e. The minimum atomic E-state index is -0.937. The van der Waals surface area contributed by atoms with Gasteiger partial charge < -0.3 is 14.9 Å². The molecule has 1 fully saturated rings. The van der Waals surface area contributed by atoms with Crippen molar-refractivity contribution in [1.29, 1.82) is 0 Å². The molecular weight excluding hydrogens is 308 g/mol. The van der Waals surface area contributed by atoms with Crippen LogP contribution < -0.4 is 9.80 Å². The van der Waals surface area contributed by atoms with Crippen LogP contribution >= 0.6 is 0 Å². The van der Waals surface area contributed by atoms with Crippen molar-refractivity contribution in [3.8, 4) is 0 Å². The average Bonchev–Trinajstić information content (AvgIpc) is 3.21. The van der Waals surface area contributed by atoms with Gasteiger partial charge in [0, 0.05) is 51.3 Å². The van der Waals surface area contributed by atoms with E-state index < -0.39 is 5.97 Å². The van der Waals surface area contributed by atoms with E-state index in [9.17, 15) is 9.90 Å². The number of fused-ring (bicyclic) bond motifs is 1. The highest BCUT2D eigenvalue weighted by Crippen LogP contribution is 2.27. The van der Waals surface area contributed by atoms with Crippen LogP contribution in [0.25, 0.3) is 0 Å². The van der Waals surface area contributed by atoms with Crippen molar-refractivity contribution in [3.63, 3.8) is 0 Å². The van der Waals surface area contributed by atoms with E-state index in [1.807, 2.05) is 6.07 Å². The molecule has 8 nitrogen and oxygen atoms in total. The molecule has 4 heterocycles. The van der Waals surface area contributed by atoms with Crippen molar-refractivity contribution in [2.24, 2.45) is 7.05 Å². The number of aryl methyl sites for hydroxylation is 1. The van der Waals surface area contributed by atoms with Gasteiger partial charge in [-0.15, -0.1) is 0 Å². The standard InChI is InChI=1S/C16H20N6O2/c1-20-15(16(23)24)11-9-22(7-4-12(11)19-20)14-8-13(17-10-18-14)21-5-2-3-6-21/h8,10H,2-7,9H2,1H3,(H,23,24). The van der Waals surface area contributed by atoms with Gasteiger partial charge in [-0.2, -0.15) is 5.10 Å². The maximum absolute atomic E-state index is 11.5. The summed E-state index contributed by atoms with van der Waals surface area (Å²) in [5, 5.41) is 13.8. The first-order valence-corrected chi connectivity index (χ1v) is 8.23. The number of carbonyl (C=O) groups is 1. The molecule has 0 radical (unpaired) electrons. The Morgan fingerprint density at radius 2 is 1.83 bits per heavy atom. The van der Waals surface area contributed by atoms with Gasteiger partial charge in [0.1, 0.15) is 18.0 Å².